The molecule has 0 aromatic heterocycles. The first-order chi connectivity index (χ1) is 12.8. The third-order valence-corrected chi connectivity index (χ3v) is 5.72. The number of alkyl halides is 3. The molecule has 1 N–H and O–H groups in total. The maximum Gasteiger partial charge on any atom is 0.417 e. The quantitative estimate of drug-likeness (QED) is 0.513. The molecule has 0 amide bonds. The molecule has 1 spiro atoms. The topological polar surface area (TPSA) is 38.7 Å². The lowest BCUT2D eigenvalue weighted by molar-refractivity contribution is -0.182. The van der Waals surface area contributed by atoms with Crippen molar-refractivity contribution in [2.75, 3.05) is 0 Å². The minimum absolute atomic E-state index is 0.101. The lowest BCUT2D eigenvalue weighted by Gasteiger charge is -2.48. The van der Waals surface area contributed by atoms with Gasteiger partial charge in [-0.2, -0.15) is 13.2 Å². The van der Waals surface area contributed by atoms with Crippen molar-refractivity contribution in [3.8, 4) is 11.8 Å². The Hall–Kier alpha value is -1.81. The largest absolute Gasteiger partial charge is 0.417 e. The highest BCUT2D eigenvalue weighted by molar-refractivity contribution is 5.47. The normalized spacial score (nSPS) is 34.7. The number of aliphatic hydroxyl groups is 1. The predicted octanol–water partition coefficient (Wildman–Crippen LogP) is 4.68. The molecule has 6 heteroatoms. The molecule has 1 aliphatic heterocycles. The van der Waals surface area contributed by atoms with Crippen LogP contribution in [-0.2, 0) is 15.7 Å². The van der Waals surface area contributed by atoms with Gasteiger partial charge in [0, 0.05) is 17.4 Å². The highest BCUT2D eigenvalue weighted by Crippen LogP contribution is 2.51. The zero-order valence-corrected chi connectivity index (χ0v) is 16.6. The van der Waals surface area contributed by atoms with Gasteiger partial charge in [0.2, 0.25) is 0 Å². The first-order valence-corrected chi connectivity index (χ1v) is 9.27. The number of hydrogen-bond acceptors (Lipinski definition) is 3. The summed E-state index contributed by atoms with van der Waals surface area (Å²) in [6.07, 6.45) is -2.67. The molecule has 1 fully saturated rings. The van der Waals surface area contributed by atoms with Crippen LogP contribution in [-0.4, -0.2) is 28.7 Å². The molecule has 1 aliphatic carbocycles. The number of rotatable bonds is 0. The summed E-state index contributed by atoms with van der Waals surface area (Å²) in [5, 5.41) is 11.4. The molecule has 3 unspecified atom stereocenters. The van der Waals surface area contributed by atoms with Gasteiger partial charge in [0.25, 0.3) is 0 Å². The smallest absolute Gasteiger partial charge is 0.373 e. The van der Waals surface area contributed by atoms with Crippen LogP contribution in [0.2, 0.25) is 0 Å². The molecule has 2 aliphatic rings. The molecule has 3 atom stereocenters. The standard InChI is InChI=1S/C22H25F3O3/c1-14-12-20(27-15(2)16(3)28-20)13-19(4,5)21(14,26)11-10-17-8-6-7-9-18(17)22(23,24)25/h6-9,12,15-16,26H,13H2,1-5H3. The second kappa shape index (κ2) is 6.62. The average molecular weight is 394 g/mol. The average Bonchev–Trinajstić information content (AvgIpc) is 2.83. The molecule has 3 nitrogen and oxygen atoms in total. The van der Waals surface area contributed by atoms with Gasteiger partial charge in [0.1, 0.15) is 0 Å². The molecule has 28 heavy (non-hydrogen) atoms. The maximum absolute atomic E-state index is 13.2. The highest BCUT2D eigenvalue weighted by atomic mass is 19.4. The van der Waals surface area contributed by atoms with Crippen molar-refractivity contribution >= 4 is 0 Å². The third-order valence-electron chi connectivity index (χ3n) is 5.72. The van der Waals surface area contributed by atoms with Gasteiger partial charge in [0.05, 0.1) is 17.8 Å². The van der Waals surface area contributed by atoms with Gasteiger partial charge in [-0.05, 0) is 44.6 Å². The van der Waals surface area contributed by atoms with Crippen LogP contribution in [0.15, 0.2) is 35.9 Å². The molecule has 1 heterocycles. The van der Waals surface area contributed by atoms with Crippen molar-refractivity contribution < 1.29 is 27.8 Å². The fourth-order valence-electron chi connectivity index (χ4n) is 4.03. The van der Waals surface area contributed by atoms with E-state index in [0.717, 1.165) is 6.07 Å². The van der Waals surface area contributed by atoms with Gasteiger partial charge >= 0.3 is 6.18 Å². The van der Waals surface area contributed by atoms with Crippen molar-refractivity contribution in [2.24, 2.45) is 5.41 Å². The predicted molar refractivity (Wildman–Crippen MR) is 99.3 cm³/mol. The minimum Gasteiger partial charge on any atom is -0.373 e. The Morgan fingerprint density at radius 1 is 1.11 bits per heavy atom. The van der Waals surface area contributed by atoms with Crippen LogP contribution in [0.25, 0.3) is 0 Å². The van der Waals surface area contributed by atoms with Gasteiger partial charge in [-0.25, -0.2) is 0 Å². The Morgan fingerprint density at radius 2 is 1.68 bits per heavy atom. The summed E-state index contributed by atoms with van der Waals surface area (Å²) >= 11 is 0. The fraction of sp³-hybridized carbons (Fsp3) is 0.545. The molecule has 1 aromatic rings. The van der Waals surface area contributed by atoms with Crippen LogP contribution in [0.4, 0.5) is 13.2 Å². The SMILES string of the molecule is CC1=CC2(CC(C)(C)C1(O)C#Cc1ccccc1C(F)(F)F)OC(C)C(C)O2. The number of ether oxygens (including phenoxy) is 2. The van der Waals surface area contributed by atoms with Crippen molar-refractivity contribution in [3.63, 3.8) is 0 Å². The lowest BCUT2D eigenvalue weighted by atomic mass is 9.63. The first kappa shape index (κ1) is 20.9. The Balaban J connectivity index is 2.04. The van der Waals surface area contributed by atoms with E-state index >= 15 is 0 Å². The Labute approximate surface area is 163 Å². The van der Waals surface area contributed by atoms with Gasteiger partial charge < -0.3 is 14.6 Å². The summed E-state index contributed by atoms with van der Waals surface area (Å²) in [5.41, 5.74) is -2.90. The van der Waals surface area contributed by atoms with E-state index in [2.05, 4.69) is 11.8 Å². The van der Waals surface area contributed by atoms with Crippen LogP contribution in [0.5, 0.6) is 0 Å². The number of hydrogen-bond donors (Lipinski definition) is 1. The summed E-state index contributed by atoms with van der Waals surface area (Å²) in [6, 6.07) is 5.11. The van der Waals surface area contributed by atoms with Crippen LogP contribution in [0.1, 0.15) is 52.2 Å². The highest BCUT2D eigenvalue weighted by Gasteiger charge is 2.57. The molecule has 3 rings (SSSR count). The second-order valence-electron chi connectivity index (χ2n) is 8.35. The zero-order valence-electron chi connectivity index (χ0n) is 16.6. The lowest BCUT2D eigenvalue weighted by Crippen LogP contribution is -2.53. The first-order valence-electron chi connectivity index (χ1n) is 9.27. The van der Waals surface area contributed by atoms with Gasteiger partial charge in [0.15, 0.2) is 11.4 Å². The summed E-state index contributed by atoms with van der Waals surface area (Å²) in [5.74, 6) is 4.34. The van der Waals surface area contributed by atoms with E-state index in [0.29, 0.717) is 12.0 Å². The molecular weight excluding hydrogens is 369 g/mol. The molecule has 152 valence electrons. The number of benzene rings is 1. The van der Waals surface area contributed by atoms with E-state index in [-0.39, 0.29) is 17.8 Å². The van der Waals surface area contributed by atoms with Crippen molar-refractivity contribution in [3.05, 3.63) is 47.0 Å². The van der Waals surface area contributed by atoms with Gasteiger partial charge in [-0.15, -0.1) is 0 Å². The Morgan fingerprint density at radius 3 is 2.21 bits per heavy atom. The van der Waals surface area contributed by atoms with Crippen LogP contribution in [0, 0.1) is 17.3 Å². The molecule has 1 aromatic carbocycles. The Bertz CT molecular complexity index is 850. The third kappa shape index (κ3) is 3.47. The summed E-state index contributed by atoms with van der Waals surface area (Å²) in [4.78, 5) is 0. The van der Waals surface area contributed by atoms with E-state index in [9.17, 15) is 18.3 Å². The van der Waals surface area contributed by atoms with E-state index in [1.165, 1.54) is 18.2 Å². The van der Waals surface area contributed by atoms with Gasteiger partial charge in [-0.3, -0.25) is 0 Å². The zero-order chi connectivity index (χ0) is 21.0. The molecular formula is C22H25F3O3. The second-order valence-corrected chi connectivity index (χ2v) is 8.35. The van der Waals surface area contributed by atoms with E-state index < -0.39 is 28.5 Å². The van der Waals surface area contributed by atoms with E-state index in [1.54, 1.807) is 13.0 Å². The van der Waals surface area contributed by atoms with Crippen LogP contribution < -0.4 is 0 Å². The van der Waals surface area contributed by atoms with Crippen LogP contribution >= 0.6 is 0 Å². The Kier molecular flexibility index (Phi) is 4.94. The van der Waals surface area contributed by atoms with Crippen molar-refractivity contribution in [2.45, 2.75) is 70.8 Å². The van der Waals surface area contributed by atoms with Gasteiger partial charge in [-0.1, -0.05) is 37.8 Å². The summed E-state index contributed by atoms with van der Waals surface area (Å²) < 4.78 is 51.8. The molecule has 1 saturated heterocycles. The molecule has 0 bridgehead atoms. The van der Waals surface area contributed by atoms with E-state index in [1.807, 2.05) is 27.7 Å². The molecule has 0 saturated carbocycles. The van der Waals surface area contributed by atoms with Crippen molar-refractivity contribution in [1.29, 1.82) is 0 Å². The van der Waals surface area contributed by atoms with Crippen molar-refractivity contribution in [1.82, 2.24) is 0 Å². The number of halogens is 3. The summed E-state index contributed by atoms with van der Waals surface area (Å²) in [7, 11) is 0. The molecule has 0 radical (unpaired) electrons. The fourth-order valence-corrected chi connectivity index (χ4v) is 4.03. The maximum atomic E-state index is 13.2. The van der Waals surface area contributed by atoms with E-state index in [4.69, 9.17) is 9.47 Å². The monoisotopic (exact) mass is 394 g/mol. The minimum atomic E-state index is -4.51. The summed E-state index contributed by atoms with van der Waals surface area (Å²) in [6.45, 7) is 9.17. The van der Waals surface area contributed by atoms with Crippen LogP contribution in [0.3, 0.4) is 0 Å².